The summed E-state index contributed by atoms with van der Waals surface area (Å²) < 4.78 is 6.19. The maximum atomic E-state index is 6.63. The third-order valence-electron chi connectivity index (χ3n) is 12.6. The minimum absolute atomic E-state index is 0.267. The molecule has 0 radical (unpaired) electrons. The molecule has 0 heterocycles. The van der Waals surface area contributed by atoms with Gasteiger partial charge in [0.2, 0.25) is 0 Å². The Labute approximate surface area is 341 Å². The van der Waals surface area contributed by atoms with Gasteiger partial charge in [-0.2, -0.15) is 0 Å². The molecule has 0 saturated carbocycles. The van der Waals surface area contributed by atoms with Crippen LogP contribution in [0.2, 0.25) is 0 Å². The lowest BCUT2D eigenvalue weighted by Crippen LogP contribution is -2.54. The van der Waals surface area contributed by atoms with Crippen molar-refractivity contribution in [1.29, 1.82) is 0 Å². The molecule has 316 valence electrons. The molecule has 0 amide bonds. The van der Waals surface area contributed by atoms with E-state index in [9.17, 15) is 0 Å². The first-order chi connectivity index (χ1) is 26.6. The molecule has 2 aromatic carbocycles. The van der Waals surface area contributed by atoms with Crippen molar-refractivity contribution in [3.05, 3.63) is 59.7 Å². The van der Waals surface area contributed by atoms with E-state index in [1.54, 1.807) is 0 Å². The molecule has 0 spiro atoms. The average Bonchev–Trinajstić information content (AvgIpc) is 3.17. The van der Waals surface area contributed by atoms with Crippen molar-refractivity contribution < 1.29 is 4.74 Å². The largest absolute Gasteiger partial charge is 0.457 e. The van der Waals surface area contributed by atoms with Crippen molar-refractivity contribution in [2.45, 2.75) is 232 Å². The van der Waals surface area contributed by atoms with Gasteiger partial charge in [-0.15, -0.1) is 0 Å². The number of hydrogen-bond donors (Lipinski definition) is 4. The number of unbranched alkanes of at least 4 members (excludes halogenated alkanes) is 22. The molecular weight excluding hydrogens is 673 g/mol. The predicted molar refractivity (Wildman–Crippen MR) is 242 cm³/mol. The topological polar surface area (TPSA) is 113 Å². The Balaban J connectivity index is 1.58. The van der Waals surface area contributed by atoms with Gasteiger partial charge < -0.3 is 27.7 Å². The van der Waals surface area contributed by atoms with Gasteiger partial charge >= 0.3 is 0 Å². The molecule has 2 rings (SSSR count). The molecule has 5 nitrogen and oxygen atoms in total. The van der Waals surface area contributed by atoms with E-state index in [2.05, 4.69) is 76.2 Å². The van der Waals surface area contributed by atoms with Crippen molar-refractivity contribution in [2.24, 2.45) is 34.8 Å². The maximum absolute atomic E-state index is 6.63. The van der Waals surface area contributed by atoms with Crippen molar-refractivity contribution in [3.8, 4) is 11.5 Å². The van der Waals surface area contributed by atoms with E-state index in [1.807, 2.05) is 0 Å². The predicted octanol–water partition coefficient (Wildman–Crippen LogP) is 14.0. The second-order valence-electron chi connectivity index (χ2n) is 17.8. The number of benzene rings is 2. The molecular formula is C50H90N4O. The Hall–Kier alpha value is -1.92. The SMILES string of the molecule is CCCCCCCCCCCCCCC(N)(N)C(C)CCc1ccc(Oc2ccc(CCC(C)C(N)(N)CCCCCCCCCCCCCC)cc2)cc1. The molecule has 2 aromatic rings. The van der Waals surface area contributed by atoms with E-state index in [0.29, 0.717) is 0 Å². The van der Waals surface area contributed by atoms with E-state index in [4.69, 9.17) is 27.7 Å². The summed E-state index contributed by atoms with van der Waals surface area (Å²) in [6.07, 6.45) is 38.1. The van der Waals surface area contributed by atoms with E-state index < -0.39 is 11.3 Å². The summed E-state index contributed by atoms with van der Waals surface area (Å²) in [6, 6.07) is 16.9. The van der Waals surface area contributed by atoms with Crippen LogP contribution in [0.25, 0.3) is 0 Å². The zero-order valence-electron chi connectivity index (χ0n) is 36.7. The molecule has 0 bridgehead atoms. The highest BCUT2D eigenvalue weighted by Gasteiger charge is 2.27. The Morgan fingerprint density at radius 2 is 0.655 bits per heavy atom. The maximum Gasteiger partial charge on any atom is 0.127 e. The van der Waals surface area contributed by atoms with E-state index in [-0.39, 0.29) is 11.8 Å². The molecule has 0 fully saturated rings. The lowest BCUT2D eigenvalue weighted by molar-refractivity contribution is 0.256. The van der Waals surface area contributed by atoms with Crippen LogP contribution in [0.3, 0.4) is 0 Å². The summed E-state index contributed by atoms with van der Waals surface area (Å²) in [5.41, 5.74) is 27.9. The minimum Gasteiger partial charge on any atom is -0.457 e. The van der Waals surface area contributed by atoms with Crippen LogP contribution in [0.4, 0.5) is 0 Å². The number of aryl methyl sites for hydroxylation is 2. The molecule has 0 aliphatic rings. The fraction of sp³-hybridized carbons (Fsp3) is 0.760. The van der Waals surface area contributed by atoms with Gasteiger partial charge in [0.05, 0.1) is 11.3 Å². The summed E-state index contributed by atoms with van der Waals surface area (Å²) in [5, 5.41) is 0. The fourth-order valence-electron chi connectivity index (χ4n) is 7.93. The van der Waals surface area contributed by atoms with E-state index >= 15 is 0 Å². The zero-order valence-corrected chi connectivity index (χ0v) is 36.7. The monoisotopic (exact) mass is 763 g/mol. The number of nitrogens with two attached hydrogens (primary N) is 4. The molecule has 2 unspecified atom stereocenters. The molecule has 0 aromatic heterocycles. The van der Waals surface area contributed by atoms with Crippen molar-refractivity contribution >= 4 is 0 Å². The van der Waals surface area contributed by atoms with Gasteiger partial charge in [-0.05, 0) is 85.8 Å². The Morgan fingerprint density at radius 3 is 0.927 bits per heavy atom. The summed E-state index contributed by atoms with van der Waals surface area (Å²) in [4.78, 5) is 0. The normalized spacial score (nSPS) is 13.3. The van der Waals surface area contributed by atoms with Crippen molar-refractivity contribution in [2.75, 3.05) is 0 Å². The summed E-state index contributed by atoms with van der Waals surface area (Å²) >= 11 is 0. The first kappa shape index (κ1) is 49.2. The molecule has 5 heteroatoms. The molecule has 8 N–H and O–H groups in total. The Morgan fingerprint density at radius 1 is 0.400 bits per heavy atom. The molecule has 0 saturated heterocycles. The average molecular weight is 763 g/mol. The molecule has 55 heavy (non-hydrogen) atoms. The van der Waals surface area contributed by atoms with Crippen LogP contribution >= 0.6 is 0 Å². The lowest BCUT2D eigenvalue weighted by atomic mass is 9.86. The number of rotatable bonds is 36. The highest BCUT2D eigenvalue weighted by molar-refractivity contribution is 5.34. The van der Waals surface area contributed by atoms with Crippen molar-refractivity contribution in [3.63, 3.8) is 0 Å². The molecule has 0 aliphatic heterocycles. The van der Waals surface area contributed by atoms with Crippen LogP contribution in [-0.2, 0) is 12.8 Å². The first-order valence-electron chi connectivity index (χ1n) is 23.6. The summed E-state index contributed by atoms with van der Waals surface area (Å²) in [5.74, 6) is 2.24. The third kappa shape index (κ3) is 23.8. The van der Waals surface area contributed by atoms with Gasteiger partial charge in [0.15, 0.2) is 0 Å². The van der Waals surface area contributed by atoms with Crippen LogP contribution in [0.1, 0.15) is 219 Å². The van der Waals surface area contributed by atoms with Gasteiger partial charge in [-0.25, -0.2) is 0 Å². The Kier molecular flexibility index (Phi) is 27.0. The van der Waals surface area contributed by atoms with Gasteiger partial charge in [0.25, 0.3) is 0 Å². The van der Waals surface area contributed by atoms with Crippen LogP contribution in [0.15, 0.2) is 48.5 Å². The first-order valence-corrected chi connectivity index (χ1v) is 23.6. The minimum atomic E-state index is -0.602. The van der Waals surface area contributed by atoms with Gasteiger partial charge in [0.1, 0.15) is 11.5 Å². The van der Waals surface area contributed by atoms with Crippen molar-refractivity contribution in [1.82, 2.24) is 0 Å². The molecule has 0 aliphatic carbocycles. The van der Waals surface area contributed by atoms with Crippen LogP contribution in [-0.4, -0.2) is 11.3 Å². The number of ether oxygens (including phenoxy) is 1. The highest BCUT2D eigenvalue weighted by Crippen LogP contribution is 2.27. The smallest absolute Gasteiger partial charge is 0.127 e. The second kappa shape index (κ2) is 30.2. The van der Waals surface area contributed by atoms with Crippen LogP contribution in [0.5, 0.6) is 11.5 Å². The summed E-state index contributed by atoms with van der Waals surface area (Å²) in [7, 11) is 0. The third-order valence-corrected chi connectivity index (χ3v) is 12.6. The standard InChI is InChI=1S/C50H90N4O/c1-5-7-9-11-13-15-17-19-21-23-25-27-41-49(51,52)43(3)29-31-45-33-37-47(38-34-45)55-48-39-35-46(36-40-48)32-30-44(4)50(53,54)42-28-26-24-22-20-18-16-14-12-10-8-6-2/h33-40,43-44H,5-32,41-42,51-54H2,1-4H3. The Bertz CT molecular complexity index is 1070. The van der Waals surface area contributed by atoms with E-state index in [0.717, 1.165) is 62.9 Å². The van der Waals surface area contributed by atoms with Gasteiger partial charge in [-0.3, -0.25) is 0 Å². The highest BCUT2D eigenvalue weighted by atomic mass is 16.5. The van der Waals surface area contributed by atoms with E-state index in [1.165, 1.54) is 152 Å². The second-order valence-corrected chi connectivity index (χ2v) is 17.8. The summed E-state index contributed by atoms with van der Waals surface area (Å²) in [6.45, 7) is 9.00. The molecule has 2 atom stereocenters. The zero-order chi connectivity index (χ0) is 40.0. The quantitative estimate of drug-likeness (QED) is 0.0408. The van der Waals surface area contributed by atoms with Crippen LogP contribution < -0.4 is 27.7 Å². The van der Waals surface area contributed by atoms with Crippen LogP contribution in [0, 0.1) is 11.8 Å². The number of hydrogen-bond acceptors (Lipinski definition) is 5. The van der Waals surface area contributed by atoms with Gasteiger partial charge in [0, 0.05) is 0 Å². The van der Waals surface area contributed by atoms with Gasteiger partial charge in [-0.1, -0.05) is 206 Å². The fourth-order valence-corrected chi connectivity index (χ4v) is 7.93. The lowest BCUT2D eigenvalue weighted by Gasteiger charge is -2.32.